The third kappa shape index (κ3) is 2.39. The van der Waals surface area contributed by atoms with Gasteiger partial charge in [-0.25, -0.2) is 0 Å². The van der Waals surface area contributed by atoms with Crippen LogP contribution < -0.4 is 4.74 Å². The van der Waals surface area contributed by atoms with Crippen LogP contribution in [0.4, 0.5) is 0 Å². The maximum Gasteiger partial charge on any atom is 0.231 e. The summed E-state index contributed by atoms with van der Waals surface area (Å²) in [7, 11) is 0. The Morgan fingerprint density at radius 2 is 1.77 bits per heavy atom. The van der Waals surface area contributed by atoms with Crippen molar-refractivity contribution in [2.45, 2.75) is 26.7 Å². The van der Waals surface area contributed by atoms with Crippen LogP contribution in [-0.2, 0) is 0 Å². The second-order valence-corrected chi connectivity index (χ2v) is 5.85. The molecule has 2 aromatic carbocycles. The fourth-order valence-electron chi connectivity index (χ4n) is 2.50. The minimum atomic E-state index is -0.147. The first-order chi connectivity index (χ1) is 10.5. The predicted molar refractivity (Wildman–Crippen MR) is 86.3 cm³/mol. The molecule has 1 aliphatic rings. The number of phenolic OH excluding ortho intramolecular Hbond substituents is 1. The average Bonchev–Trinajstić information content (AvgIpc) is 2.81. The maximum atomic E-state index is 12.4. The second-order valence-electron chi connectivity index (χ2n) is 5.85. The molecule has 0 saturated carbocycles. The molecule has 3 rings (SSSR count). The molecule has 112 valence electrons. The third-order valence-electron chi connectivity index (χ3n) is 3.96. The average molecular weight is 294 g/mol. The first-order valence-electron chi connectivity index (χ1n) is 7.34. The van der Waals surface area contributed by atoms with E-state index in [4.69, 9.17) is 4.74 Å². The molecule has 0 radical (unpaired) electrons. The minimum absolute atomic E-state index is 0.133. The minimum Gasteiger partial charge on any atom is -0.508 e. The lowest BCUT2D eigenvalue weighted by atomic mass is 10.0. The van der Waals surface area contributed by atoms with Crippen LogP contribution in [0.2, 0.25) is 0 Å². The van der Waals surface area contributed by atoms with Crippen LogP contribution in [0.3, 0.4) is 0 Å². The number of aromatic hydroxyl groups is 1. The molecule has 3 nitrogen and oxygen atoms in total. The fraction of sp³-hybridized carbons (Fsp3) is 0.211. The quantitative estimate of drug-likeness (QED) is 0.833. The Morgan fingerprint density at radius 3 is 2.41 bits per heavy atom. The maximum absolute atomic E-state index is 12.4. The summed E-state index contributed by atoms with van der Waals surface area (Å²) < 4.78 is 5.66. The fourth-order valence-corrected chi connectivity index (χ4v) is 2.50. The molecule has 2 aromatic rings. The molecule has 0 spiro atoms. The number of hydrogen-bond donors (Lipinski definition) is 1. The summed E-state index contributed by atoms with van der Waals surface area (Å²) in [5.41, 5.74) is 3.26. The van der Waals surface area contributed by atoms with Gasteiger partial charge in [0.25, 0.3) is 0 Å². The topological polar surface area (TPSA) is 46.5 Å². The highest BCUT2D eigenvalue weighted by atomic mass is 16.5. The summed E-state index contributed by atoms with van der Waals surface area (Å²) in [6, 6.07) is 11.2. The number of Topliss-reactive ketones (excluding diaryl/α,β-unsaturated/α-hetero) is 1. The first-order valence-corrected chi connectivity index (χ1v) is 7.34. The van der Waals surface area contributed by atoms with Crippen molar-refractivity contribution < 1.29 is 14.6 Å². The summed E-state index contributed by atoms with van der Waals surface area (Å²) in [6.07, 6.45) is 1.74. The Labute approximate surface area is 129 Å². The highest BCUT2D eigenvalue weighted by molar-refractivity contribution is 6.14. The summed E-state index contributed by atoms with van der Waals surface area (Å²) in [4.78, 5) is 12.4. The van der Waals surface area contributed by atoms with Crippen molar-refractivity contribution in [3.63, 3.8) is 0 Å². The van der Waals surface area contributed by atoms with Crippen molar-refractivity contribution in [3.8, 4) is 11.5 Å². The lowest BCUT2D eigenvalue weighted by Crippen LogP contribution is -1.98. The van der Waals surface area contributed by atoms with Crippen LogP contribution in [0.5, 0.6) is 11.5 Å². The smallest absolute Gasteiger partial charge is 0.231 e. The van der Waals surface area contributed by atoms with Gasteiger partial charge in [0.2, 0.25) is 5.78 Å². The number of carbonyl (C=O) groups excluding carboxylic acids is 1. The molecule has 0 bridgehead atoms. The lowest BCUT2D eigenvalue weighted by molar-refractivity contribution is 0.101. The van der Waals surface area contributed by atoms with Gasteiger partial charge in [-0.1, -0.05) is 38.1 Å². The zero-order chi connectivity index (χ0) is 15.9. The Bertz CT molecular complexity index is 768. The molecule has 0 unspecified atom stereocenters. The van der Waals surface area contributed by atoms with E-state index in [9.17, 15) is 9.90 Å². The Kier molecular flexibility index (Phi) is 3.49. The van der Waals surface area contributed by atoms with E-state index in [0.717, 1.165) is 5.56 Å². The number of hydrogen-bond acceptors (Lipinski definition) is 3. The number of phenols is 1. The number of ether oxygens (including phenoxy) is 1. The second kappa shape index (κ2) is 5.34. The van der Waals surface area contributed by atoms with E-state index in [1.54, 1.807) is 19.1 Å². The number of carbonyl (C=O) groups is 1. The summed E-state index contributed by atoms with van der Waals surface area (Å²) in [5.74, 6) is 1.21. The Hall–Kier alpha value is -2.55. The van der Waals surface area contributed by atoms with E-state index in [0.29, 0.717) is 28.6 Å². The van der Waals surface area contributed by atoms with Crippen LogP contribution in [0, 0.1) is 6.92 Å². The largest absolute Gasteiger partial charge is 0.508 e. The van der Waals surface area contributed by atoms with Crippen molar-refractivity contribution in [3.05, 3.63) is 64.4 Å². The zero-order valence-corrected chi connectivity index (χ0v) is 12.9. The van der Waals surface area contributed by atoms with Gasteiger partial charge in [0.1, 0.15) is 11.5 Å². The van der Waals surface area contributed by atoms with Gasteiger partial charge in [0.15, 0.2) is 5.76 Å². The number of benzene rings is 2. The van der Waals surface area contributed by atoms with Crippen molar-refractivity contribution in [2.24, 2.45) is 0 Å². The van der Waals surface area contributed by atoms with Gasteiger partial charge in [-0.3, -0.25) is 4.79 Å². The van der Waals surface area contributed by atoms with Crippen LogP contribution >= 0.6 is 0 Å². The standard InChI is InChI=1S/C19H18O3/c1-11(2)14-6-4-13(5-7-14)10-17-18(21)15-8-9-16(20)12(3)19(15)22-17/h4-11,20H,1-3H3/b17-10-. The van der Waals surface area contributed by atoms with E-state index < -0.39 is 0 Å². The van der Waals surface area contributed by atoms with Gasteiger partial charge in [-0.2, -0.15) is 0 Å². The highest BCUT2D eigenvalue weighted by Crippen LogP contribution is 2.38. The molecule has 0 aliphatic carbocycles. The van der Waals surface area contributed by atoms with Crippen molar-refractivity contribution in [1.29, 1.82) is 0 Å². The molecule has 0 aromatic heterocycles. The first kappa shape index (κ1) is 14.4. The number of ketones is 1. The van der Waals surface area contributed by atoms with E-state index in [2.05, 4.69) is 26.0 Å². The van der Waals surface area contributed by atoms with Crippen LogP contribution in [0.1, 0.15) is 46.8 Å². The van der Waals surface area contributed by atoms with Crippen molar-refractivity contribution in [1.82, 2.24) is 0 Å². The highest BCUT2D eigenvalue weighted by Gasteiger charge is 2.29. The molecule has 0 saturated heterocycles. The molecule has 1 N–H and O–H groups in total. The monoisotopic (exact) mass is 294 g/mol. The van der Waals surface area contributed by atoms with Crippen LogP contribution in [-0.4, -0.2) is 10.9 Å². The number of allylic oxidation sites excluding steroid dienone is 1. The molecule has 22 heavy (non-hydrogen) atoms. The molecule has 0 fully saturated rings. The van der Waals surface area contributed by atoms with E-state index in [1.807, 2.05) is 12.1 Å². The summed E-state index contributed by atoms with van der Waals surface area (Å²) in [5, 5.41) is 9.72. The van der Waals surface area contributed by atoms with Gasteiger partial charge >= 0.3 is 0 Å². The Morgan fingerprint density at radius 1 is 1.09 bits per heavy atom. The zero-order valence-electron chi connectivity index (χ0n) is 12.9. The summed E-state index contributed by atoms with van der Waals surface area (Å²) >= 11 is 0. The van der Waals surface area contributed by atoms with Gasteiger partial charge in [-0.05, 0) is 42.2 Å². The van der Waals surface area contributed by atoms with Crippen LogP contribution in [0.15, 0.2) is 42.2 Å². The SMILES string of the molecule is Cc1c(O)ccc2c1O/C(=C\c1ccc(C(C)C)cc1)C2=O. The van der Waals surface area contributed by atoms with E-state index >= 15 is 0 Å². The third-order valence-corrected chi connectivity index (χ3v) is 3.96. The molecule has 1 aliphatic heterocycles. The van der Waals surface area contributed by atoms with Gasteiger partial charge in [0.05, 0.1) is 5.56 Å². The van der Waals surface area contributed by atoms with Crippen LogP contribution in [0.25, 0.3) is 6.08 Å². The molecule has 0 amide bonds. The van der Waals surface area contributed by atoms with Crippen molar-refractivity contribution in [2.75, 3.05) is 0 Å². The molecule has 3 heteroatoms. The molecule has 1 heterocycles. The van der Waals surface area contributed by atoms with Gasteiger partial charge in [0, 0.05) is 5.56 Å². The summed E-state index contributed by atoms with van der Waals surface area (Å²) in [6.45, 7) is 6.02. The predicted octanol–water partition coefficient (Wildman–Crippen LogP) is 4.44. The number of rotatable bonds is 2. The molecular weight excluding hydrogens is 276 g/mol. The molecule has 0 atom stereocenters. The van der Waals surface area contributed by atoms with E-state index in [1.165, 1.54) is 11.6 Å². The Balaban J connectivity index is 1.94. The van der Waals surface area contributed by atoms with Gasteiger partial charge in [-0.15, -0.1) is 0 Å². The van der Waals surface area contributed by atoms with Gasteiger partial charge < -0.3 is 9.84 Å². The number of fused-ring (bicyclic) bond motifs is 1. The lowest BCUT2D eigenvalue weighted by Gasteiger charge is -2.05. The normalized spacial score (nSPS) is 15.3. The molecular formula is C19H18O3. The van der Waals surface area contributed by atoms with Crippen molar-refractivity contribution >= 4 is 11.9 Å². The van der Waals surface area contributed by atoms with E-state index in [-0.39, 0.29) is 11.5 Å².